The molecule has 1 aliphatic rings. The topological polar surface area (TPSA) is 35.2 Å². The predicted octanol–water partition coefficient (Wildman–Crippen LogP) is 4.82. The molecule has 106 valence electrons. The monoisotopic (exact) mass is 325 g/mol. The van der Waals surface area contributed by atoms with Crippen LogP contribution in [0.4, 0.5) is 0 Å². The molecule has 0 saturated carbocycles. The Bertz CT molecular complexity index is 448. The molecule has 0 aliphatic carbocycles. The van der Waals surface area contributed by atoms with Gasteiger partial charge in [0.2, 0.25) is 0 Å². The van der Waals surface area contributed by atoms with Gasteiger partial charge in [-0.15, -0.1) is 0 Å². The number of benzene rings is 1. The smallest absolute Gasteiger partial charge is 0.124 e. The first kappa shape index (κ1) is 14.9. The van der Waals surface area contributed by atoms with E-state index in [1.54, 1.807) is 0 Å². The second-order valence-corrected chi connectivity index (χ2v) is 6.76. The molecule has 0 spiro atoms. The summed E-state index contributed by atoms with van der Waals surface area (Å²) < 4.78 is 7.43. The predicted molar refractivity (Wildman–Crippen MR) is 83.4 cm³/mol. The number of rotatable bonds is 4. The molecule has 0 amide bonds. The van der Waals surface area contributed by atoms with Gasteiger partial charge in [-0.25, -0.2) is 0 Å². The highest BCUT2D eigenvalue weighted by molar-refractivity contribution is 9.10. The highest BCUT2D eigenvalue weighted by atomic mass is 79.9. The molecule has 1 heterocycles. The van der Waals surface area contributed by atoms with Gasteiger partial charge in [-0.2, -0.15) is 0 Å². The molecule has 0 bridgehead atoms. The van der Waals surface area contributed by atoms with Crippen molar-refractivity contribution in [1.82, 2.24) is 0 Å². The average molecular weight is 326 g/mol. The summed E-state index contributed by atoms with van der Waals surface area (Å²) in [5.41, 5.74) is 7.42. The van der Waals surface area contributed by atoms with E-state index in [9.17, 15) is 0 Å². The zero-order chi connectivity index (χ0) is 14.0. The minimum atomic E-state index is -0.0876. The van der Waals surface area contributed by atoms with Crippen molar-refractivity contribution in [1.29, 1.82) is 0 Å². The van der Waals surface area contributed by atoms with Crippen LogP contribution in [0.1, 0.15) is 58.1 Å². The summed E-state index contributed by atoms with van der Waals surface area (Å²) in [6.45, 7) is 6.74. The van der Waals surface area contributed by atoms with Crippen LogP contribution in [0.15, 0.2) is 22.7 Å². The van der Waals surface area contributed by atoms with Crippen LogP contribution >= 0.6 is 15.9 Å². The number of hydrogen-bond donors (Lipinski definition) is 1. The van der Waals surface area contributed by atoms with Gasteiger partial charge in [0.1, 0.15) is 11.4 Å². The van der Waals surface area contributed by atoms with Crippen molar-refractivity contribution in [2.24, 2.45) is 11.7 Å². The van der Waals surface area contributed by atoms with E-state index in [4.69, 9.17) is 10.5 Å². The van der Waals surface area contributed by atoms with Gasteiger partial charge < -0.3 is 10.5 Å². The van der Waals surface area contributed by atoms with E-state index in [0.717, 1.165) is 35.0 Å². The maximum atomic E-state index is 6.38. The molecular weight excluding hydrogens is 302 g/mol. The van der Waals surface area contributed by atoms with E-state index in [1.165, 1.54) is 6.42 Å². The van der Waals surface area contributed by atoms with Gasteiger partial charge >= 0.3 is 0 Å². The Labute approximate surface area is 124 Å². The van der Waals surface area contributed by atoms with E-state index >= 15 is 0 Å². The van der Waals surface area contributed by atoms with Gasteiger partial charge in [0.15, 0.2) is 0 Å². The van der Waals surface area contributed by atoms with Gasteiger partial charge in [-0.05, 0) is 37.0 Å². The van der Waals surface area contributed by atoms with Gasteiger partial charge in [0, 0.05) is 22.5 Å². The minimum Gasteiger partial charge on any atom is -0.487 e. The maximum Gasteiger partial charge on any atom is 0.124 e. The van der Waals surface area contributed by atoms with Crippen LogP contribution in [0.5, 0.6) is 5.75 Å². The average Bonchev–Trinajstić information content (AvgIpc) is 2.39. The first-order valence-corrected chi connectivity index (χ1v) is 8.03. The van der Waals surface area contributed by atoms with Crippen LogP contribution in [0.25, 0.3) is 0 Å². The van der Waals surface area contributed by atoms with Crippen LogP contribution in [-0.4, -0.2) is 5.60 Å². The lowest BCUT2D eigenvalue weighted by atomic mass is 9.79. The third-order valence-corrected chi connectivity index (χ3v) is 4.84. The number of nitrogens with two attached hydrogens (primary N) is 1. The van der Waals surface area contributed by atoms with E-state index in [2.05, 4.69) is 42.8 Å². The summed E-state index contributed by atoms with van der Waals surface area (Å²) in [5.74, 6) is 1.64. The Morgan fingerprint density at radius 3 is 2.84 bits per heavy atom. The molecule has 2 nitrogen and oxygen atoms in total. The second kappa shape index (κ2) is 5.84. The van der Waals surface area contributed by atoms with Crippen LogP contribution in [0, 0.1) is 5.92 Å². The first-order valence-electron chi connectivity index (χ1n) is 7.23. The number of ether oxygens (including phenoxy) is 1. The Morgan fingerprint density at radius 2 is 2.21 bits per heavy atom. The molecular formula is C16H24BrNO. The molecule has 0 aromatic heterocycles. The zero-order valence-corrected chi connectivity index (χ0v) is 13.7. The molecule has 2 unspecified atom stereocenters. The number of hydrogen-bond acceptors (Lipinski definition) is 2. The lowest BCUT2D eigenvalue weighted by Gasteiger charge is -2.42. The van der Waals surface area contributed by atoms with Crippen molar-refractivity contribution in [2.75, 3.05) is 0 Å². The molecule has 1 aromatic rings. The molecule has 2 rings (SSSR count). The molecule has 0 radical (unpaired) electrons. The van der Waals surface area contributed by atoms with Crippen molar-refractivity contribution in [3.05, 3.63) is 28.2 Å². The molecule has 0 saturated heterocycles. The fraction of sp³-hybridized carbons (Fsp3) is 0.625. The maximum absolute atomic E-state index is 6.38. The first-order chi connectivity index (χ1) is 8.99. The zero-order valence-electron chi connectivity index (χ0n) is 12.1. The van der Waals surface area contributed by atoms with E-state index in [-0.39, 0.29) is 11.6 Å². The molecule has 2 N–H and O–H groups in total. The third-order valence-electron chi connectivity index (χ3n) is 4.35. The van der Waals surface area contributed by atoms with Crippen molar-refractivity contribution < 1.29 is 4.74 Å². The Morgan fingerprint density at radius 1 is 1.47 bits per heavy atom. The van der Waals surface area contributed by atoms with Crippen molar-refractivity contribution in [2.45, 2.75) is 58.1 Å². The Hall–Kier alpha value is -0.540. The Kier molecular flexibility index (Phi) is 4.57. The largest absolute Gasteiger partial charge is 0.487 e. The standard InChI is InChI=1S/C16H24BrNO/c1-4-11(3)9-16(5-2)10-14(18)13-8-12(17)6-7-15(13)19-16/h6-8,11,14H,4-5,9-10,18H2,1-3H3/t11?,14-,16?/m1/s1. The molecule has 3 heteroatoms. The fourth-order valence-corrected chi connectivity index (χ4v) is 3.33. The summed E-state index contributed by atoms with van der Waals surface area (Å²) in [7, 11) is 0. The van der Waals surface area contributed by atoms with Crippen LogP contribution in [-0.2, 0) is 0 Å². The summed E-state index contributed by atoms with van der Waals surface area (Å²) >= 11 is 3.50. The lowest BCUT2D eigenvalue weighted by Crippen LogP contribution is -2.43. The molecule has 0 fully saturated rings. The molecule has 3 atom stereocenters. The summed E-state index contributed by atoms with van der Waals surface area (Å²) in [5, 5.41) is 0. The number of halogens is 1. The van der Waals surface area contributed by atoms with Crippen molar-refractivity contribution in [3.63, 3.8) is 0 Å². The van der Waals surface area contributed by atoms with Gasteiger partial charge in [-0.1, -0.05) is 43.1 Å². The van der Waals surface area contributed by atoms with Crippen LogP contribution < -0.4 is 10.5 Å². The molecule has 19 heavy (non-hydrogen) atoms. The van der Waals surface area contributed by atoms with E-state index in [0.29, 0.717) is 5.92 Å². The van der Waals surface area contributed by atoms with Crippen LogP contribution in [0.3, 0.4) is 0 Å². The SMILES string of the molecule is CCC(C)CC1(CC)C[C@@H](N)c2cc(Br)ccc2O1. The lowest BCUT2D eigenvalue weighted by molar-refractivity contribution is 0.0104. The quantitative estimate of drug-likeness (QED) is 0.861. The van der Waals surface area contributed by atoms with Crippen molar-refractivity contribution >= 4 is 15.9 Å². The van der Waals surface area contributed by atoms with Gasteiger partial charge in [-0.3, -0.25) is 0 Å². The highest BCUT2D eigenvalue weighted by Crippen LogP contribution is 2.44. The summed E-state index contributed by atoms with van der Waals surface area (Å²) in [4.78, 5) is 0. The van der Waals surface area contributed by atoms with Crippen LogP contribution in [0.2, 0.25) is 0 Å². The molecule has 1 aromatic carbocycles. The Balaban J connectivity index is 2.29. The molecule has 1 aliphatic heterocycles. The summed E-state index contributed by atoms with van der Waals surface area (Å²) in [6.07, 6.45) is 4.20. The minimum absolute atomic E-state index is 0.0743. The van der Waals surface area contributed by atoms with Gasteiger partial charge in [0.25, 0.3) is 0 Å². The normalized spacial score (nSPS) is 27.5. The fourth-order valence-electron chi connectivity index (χ4n) is 2.95. The highest BCUT2D eigenvalue weighted by Gasteiger charge is 2.39. The number of fused-ring (bicyclic) bond motifs is 1. The third kappa shape index (κ3) is 3.14. The van der Waals surface area contributed by atoms with Gasteiger partial charge in [0.05, 0.1) is 0 Å². The second-order valence-electron chi connectivity index (χ2n) is 5.85. The van der Waals surface area contributed by atoms with E-state index < -0.39 is 0 Å². The van der Waals surface area contributed by atoms with Crippen molar-refractivity contribution in [3.8, 4) is 5.75 Å². The van der Waals surface area contributed by atoms with E-state index in [1.807, 2.05) is 12.1 Å². The summed E-state index contributed by atoms with van der Waals surface area (Å²) in [6, 6.07) is 6.23.